The number of amides is 1. The lowest BCUT2D eigenvalue weighted by Gasteiger charge is -2.32. The van der Waals surface area contributed by atoms with E-state index in [1.807, 2.05) is 40.9 Å². The first-order valence-electron chi connectivity index (χ1n) is 10.1. The summed E-state index contributed by atoms with van der Waals surface area (Å²) < 4.78 is 1.93. The third-order valence-corrected chi connectivity index (χ3v) is 5.64. The number of rotatable bonds is 5. The highest BCUT2D eigenvalue weighted by Gasteiger charge is 2.29. The highest BCUT2D eigenvalue weighted by atomic mass is 16.2. The molecule has 0 saturated carbocycles. The number of aromatic amines is 1. The van der Waals surface area contributed by atoms with Crippen molar-refractivity contribution in [3.8, 4) is 11.1 Å². The van der Waals surface area contributed by atoms with Crippen molar-refractivity contribution in [3.63, 3.8) is 0 Å². The molecule has 1 fully saturated rings. The molecule has 1 aromatic carbocycles. The summed E-state index contributed by atoms with van der Waals surface area (Å²) in [5.74, 6) is 0.353. The van der Waals surface area contributed by atoms with E-state index in [-0.39, 0.29) is 11.8 Å². The molecule has 3 heterocycles. The number of aromatic nitrogens is 4. The normalized spacial score (nSPS) is 17.1. The van der Waals surface area contributed by atoms with Crippen LogP contribution in [0.15, 0.2) is 42.7 Å². The molecule has 0 unspecified atom stereocenters. The van der Waals surface area contributed by atoms with Gasteiger partial charge in [0.25, 0.3) is 5.91 Å². The minimum atomic E-state index is 0.0883. The first-order chi connectivity index (χ1) is 13.7. The zero-order valence-electron chi connectivity index (χ0n) is 16.6. The second kappa shape index (κ2) is 8.00. The average molecular weight is 377 g/mol. The maximum absolute atomic E-state index is 13.2. The summed E-state index contributed by atoms with van der Waals surface area (Å²) >= 11 is 0. The lowest BCUT2D eigenvalue weighted by molar-refractivity contribution is 0.0705. The van der Waals surface area contributed by atoms with Crippen LogP contribution >= 0.6 is 0 Å². The Morgan fingerprint density at radius 1 is 1.25 bits per heavy atom. The molecule has 1 atom stereocenters. The largest absolute Gasteiger partial charge is 0.338 e. The Morgan fingerprint density at radius 3 is 2.86 bits per heavy atom. The average Bonchev–Trinajstić information content (AvgIpc) is 3.36. The van der Waals surface area contributed by atoms with E-state index >= 15 is 0 Å². The number of carbonyl (C=O) groups excluding carboxylic acids is 1. The van der Waals surface area contributed by atoms with E-state index in [0.717, 1.165) is 60.4 Å². The van der Waals surface area contributed by atoms with Crippen LogP contribution in [0.3, 0.4) is 0 Å². The minimum absolute atomic E-state index is 0.0883. The van der Waals surface area contributed by atoms with Gasteiger partial charge in [0.1, 0.15) is 0 Å². The molecule has 3 aromatic rings. The highest BCUT2D eigenvalue weighted by Crippen LogP contribution is 2.33. The van der Waals surface area contributed by atoms with Crippen LogP contribution in [0.25, 0.3) is 11.1 Å². The van der Waals surface area contributed by atoms with E-state index in [1.54, 1.807) is 6.20 Å². The number of hydrogen-bond donors (Lipinski definition) is 1. The Balaban J connectivity index is 1.54. The molecular weight excluding hydrogens is 350 g/mol. The summed E-state index contributed by atoms with van der Waals surface area (Å²) in [6.45, 7) is 6.45. The van der Waals surface area contributed by atoms with Crippen LogP contribution in [-0.4, -0.2) is 43.9 Å². The standard InChI is InChI=1S/C22H27N5O/c1-3-11-27-16(2)19(14-24-27)22(28)26-12-7-10-18(15-26)21-20(13-23-25-21)17-8-5-4-6-9-17/h4-6,8-9,13-14,18H,3,7,10-12,15H2,1-2H3,(H,23,25)/t18-/m1/s1. The zero-order chi connectivity index (χ0) is 19.5. The molecule has 1 amide bonds. The number of piperidine rings is 1. The van der Waals surface area contributed by atoms with Gasteiger partial charge in [-0.05, 0) is 31.7 Å². The highest BCUT2D eigenvalue weighted by molar-refractivity contribution is 5.95. The van der Waals surface area contributed by atoms with Gasteiger partial charge < -0.3 is 4.90 Å². The molecule has 146 valence electrons. The third kappa shape index (κ3) is 3.46. The number of likely N-dealkylation sites (tertiary alicyclic amines) is 1. The summed E-state index contributed by atoms with van der Waals surface area (Å²) in [4.78, 5) is 15.1. The molecule has 1 N–H and O–H groups in total. The molecule has 28 heavy (non-hydrogen) atoms. The van der Waals surface area contributed by atoms with Crippen molar-refractivity contribution in [2.45, 2.75) is 45.6 Å². The maximum atomic E-state index is 13.2. The van der Waals surface area contributed by atoms with Gasteiger partial charge in [-0.2, -0.15) is 10.2 Å². The van der Waals surface area contributed by atoms with Crippen molar-refractivity contribution >= 4 is 5.91 Å². The van der Waals surface area contributed by atoms with Gasteiger partial charge in [-0.1, -0.05) is 37.3 Å². The van der Waals surface area contributed by atoms with E-state index in [1.165, 1.54) is 0 Å². The predicted octanol–water partition coefficient (Wildman–Crippen LogP) is 4.01. The van der Waals surface area contributed by atoms with Crippen LogP contribution in [0.1, 0.15) is 53.8 Å². The molecular formula is C22H27N5O. The van der Waals surface area contributed by atoms with Crippen molar-refractivity contribution in [3.05, 3.63) is 59.7 Å². The quantitative estimate of drug-likeness (QED) is 0.730. The second-order valence-electron chi connectivity index (χ2n) is 7.52. The van der Waals surface area contributed by atoms with Gasteiger partial charge in [-0.25, -0.2) is 0 Å². The van der Waals surface area contributed by atoms with Gasteiger partial charge in [0.2, 0.25) is 0 Å². The van der Waals surface area contributed by atoms with Crippen molar-refractivity contribution in [1.82, 2.24) is 24.9 Å². The van der Waals surface area contributed by atoms with E-state index in [2.05, 4.69) is 34.4 Å². The van der Waals surface area contributed by atoms with Gasteiger partial charge in [0.15, 0.2) is 0 Å². The number of aryl methyl sites for hydroxylation is 1. The molecule has 6 nitrogen and oxygen atoms in total. The fourth-order valence-electron chi connectivity index (χ4n) is 4.12. The van der Waals surface area contributed by atoms with E-state index in [9.17, 15) is 4.79 Å². The number of nitrogens with zero attached hydrogens (tertiary/aromatic N) is 4. The summed E-state index contributed by atoms with van der Waals surface area (Å²) in [6, 6.07) is 10.3. The van der Waals surface area contributed by atoms with E-state index < -0.39 is 0 Å². The van der Waals surface area contributed by atoms with Gasteiger partial charge in [-0.3, -0.25) is 14.6 Å². The monoisotopic (exact) mass is 377 g/mol. The lowest BCUT2D eigenvalue weighted by atomic mass is 9.90. The SMILES string of the molecule is CCCn1ncc(C(=O)N2CCC[C@@H](c3[nH]ncc3-c3ccccc3)C2)c1C. The predicted molar refractivity (Wildman–Crippen MR) is 109 cm³/mol. The van der Waals surface area contributed by atoms with Gasteiger partial charge in [0.05, 0.1) is 18.0 Å². The van der Waals surface area contributed by atoms with Crippen LogP contribution in [0.4, 0.5) is 0 Å². The van der Waals surface area contributed by atoms with E-state index in [0.29, 0.717) is 6.54 Å². The Bertz CT molecular complexity index is 943. The van der Waals surface area contributed by atoms with Gasteiger partial charge >= 0.3 is 0 Å². The molecule has 1 saturated heterocycles. The number of benzene rings is 1. The smallest absolute Gasteiger partial charge is 0.257 e. The fourth-order valence-corrected chi connectivity index (χ4v) is 4.12. The first kappa shape index (κ1) is 18.5. The Hall–Kier alpha value is -2.89. The van der Waals surface area contributed by atoms with Crippen molar-refractivity contribution in [2.24, 2.45) is 0 Å². The second-order valence-corrected chi connectivity index (χ2v) is 7.52. The van der Waals surface area contributed by atoms with Crippen LogP contribution in [0.2, 0.25) is 0 Å². The van der Waals surface area contributed by atoms with Crippen molar-refractivity contribution in [2.75, 3.05) is 13.1 Å². The molecule has 1 aliphatic heterocycles. The molecule has 2 aromatic heterocycles. The molecule has 0 aliphatic carbocycles. The molecule has 0 spiro atoms. The Morgan fingerprint density at radius 2 is 2.07 bits per heavy atom. The van der Waals surface area contributed by atoms with Gasteiger partial charge in [-0.15, -0.1) is 0 Å². The number of H-pyrrole nitrogens is 1. The summed E-state index contributed by atoms with van der Waals surface area (Å²) in [5, 5.41) is 11.9. The third-order valence-electron chi connectivity index (χ3n) is 5.64. The molecule has 0 bridgehead atoms. The van der Waals surface area contributed by atoms with E-state index in [4.69, 9.17) is 0 Å². The van der Waals surface area contributed by atoms with Crippen LogP contribution < -0.4 is 0 Å². The zero-order valence-corrected chi connectivity index (χ0v) is 16.6. The first-order valence-corrected chi connectivity index (χ1v) is 10.1. The molecule has 0 radical (unpaired) electrons. The van der Waals surface area contributed by atoms with Crippen LogP contribution in [-0.2, 0) is 6.54 Å². The number of hydrogen-bond acceptors (Lipinski definition) is 3. The number of carbonyl (C=O) groups is 1. The number of nitrogens with one attached hydrogen (secondary N) is 1. The van der Waals surface area contributed by atoms with Crippen LogP contribution in [0.5, 0.6) is 0 Å². The topological polar surface area (TPSA) is 66.8 Å². The Labute approximate surface area is 165 Å². The molecule has 1 aliphatic rings. The lowest BCUT2D eigenvalue weighted by Crippen LogP contribution is -2.39. The van der Waals surface area contributed by atoms with Crippen LogP contribution in [0, 0.1) is 6.92 Å². The van der Waals surface area contributed by atoms with Crippen molar-refractivity contribution < 1.29 is 4.79 Å². The fraction of sp³-hybridized carbons (Fsp3) is 0.409. The van der Waals surface area contributed by atoms with Crippen molar-refractivity contribution in [1.29, 1.82) is 0 Å². The summed E-state index contributed by atoms with van der Waals surface area (Å²) in [6.07, 6.45) is 6.67. The summed E-state index contributed by atoms with van der Waals surface area (Å²) in [5.41, 5.74) is 5.10. The minimum Gasteiger partial charge on any atom is -0.338 e. The van der Waals surface area contributed by atoms with Gasteiger partial charge in [0, 0.05) is 42.5 Å². The Kier molecular flexibility index (Phi) is 5.28. The molecule has 6 heteroatoms. The summed E-state index contributed by atoms with van der Waals surface area (Å²) in [7, 11) is 0. The molecule has 4 rings (SSSR count). The maximum Gasteiger partial charge on any atom is 0.257 e.